The number of rotatable bonds is 6. The molecule has 0 bridgehead atoms. The lowest BCUT2D eigenvalue weighted by atomic mass is 10.0. The van der Waals surface area contributed by atoms with Crippen molar-refractivity contribution in [1.82, 2.24) is 4.90 Å². The molecule has 1 unspecified atom stereocenters. The van der Waals surface area contributed by atoms with Gasteiger partial charge in [0.05, 0.1) is 7.11 Å². The Kier molecular flexibility index (Phi) is 5.63. The van der Waals surface area contributed by atoms with Crippen molar-refractivity contribution in [2.75, 3.05) is 20.7 Å². The van der Waals surface area contributed by atoms with Gasteiger partial charge in [-0.2, -0.15) is 0 Å². The first kappa shape index (κ1) is 15.0. The predicted octanol–water partition coefficient (Wildman–Crippen LogP) is 2.48. The second-order valence-electron chi connectivity index (χ2n) is 5.12. The SMILES string of the molecule is COc1c(C)cc(C)cc1CN(C)C(C)CCN. The summed E-state index contributed by atoms with van der Waals surface area (Å²) < 4.78 is 5.52. The largest absolute Gasteiger partial charge is 0.496 e. The summed E-state index contributed by atoms with van der Waals surface area (Å²) in [6, 6.07) is 4.85. The second-order valence-corrected chi connectivity index (χ2v) is 5.12. The fourth-order valence-corrected chi connectivity index (χ4v) is 2.34. The zero-order valence-electron chi connectivity index (χ0n) is 12.3. The first-order valence-corrected chi connectivity index (χ1v) is 6.54. The van der Waals surface area contributed by atoms with Crippen LogP contribution in [0.25, 0.3) is 0 Å². The minimum atomic E-state index is 0.487. The van der Waals surface area contributed by atoms with Crippen LogP contribution < -0.4 is 10.5 Å². The molecule has 1 rings (SSSR count). The fourth-order valence-electron chi connectivity index (χ4n) is 2.34. The third kappa shape index (κ3) is 3.72. The summed E-state index contributed by atoms with van der Waals surface area (Å²) in [5, 5.41) is 0. The highest BCUT2D eigenvalue weighted by molar-refractivity contribution is 5.43. The molecule has 0 saturated heterocycles. The van der Waals surface area contributed by atoms with Gasteiger partial charge in [-0.05, 0) is 46.3 Å². The highest BCUT2D eigenvalue weighted by Gasteiger charge is 2.13. The van der Waals surface area contributed by atoms with Gasteiger partial charge in [0.15, 0.2) is 0 Å². The molecule has 1 aromatic rings. The summed E-state index contributed by atoms with van der Waals surface area (Å²) >= 11 is 0. The Bertz CT molecular complexity index is 390. The number of hydrogen-bond donors (Lipinski definition) is 1. The number of methoxy groups -OCH3 is 1. The first-order valence-electron chi connectivity index (χ1n) is 6.54. The van der Waals surface area contributed by atoms with Crippen LogP contribution >= 0.6 is 0 Å². The standard InChI is InChI=1S/C15H26N2O/c1-11-8-12(2)15(18-5)14(9-11)10-17(4)13(3)6-7-16/h8-9,13H,6-7,10,16H2,1-5H3. The molecule has 0 aliphatic heterocycles. The van der Waals surface area contributed by atoms with Crippen molar-refractivity contribution in [3.8, 4) is 5.75 Å². The quantitative estimate of drug-likeness (QED) is 0.843. The molecule has 1 aromatic carbocycles. The average Bonchev–Trinajstić information content (AvgIpc) is 2.28. The van der Waals surface area contributed by atoms with Gasteiger partial charge in [-0.25, -0.2) is 0 Å². The van der Waals surface area contributed by atoms with Gasteiger partial charge < -0.3 is 10.5 Å². The van der Waals surface area contributed by atoms with E-state index in [-0.39, 0.29) is 0 Å². The molecule has 3 nitrogen and oxygen atoms in total. The van der Waals surface area contributed by atoms with Crippen molar-refractivity contribution < 1.29 is 4.74 Å². The first-order chi connectivity index (χ1) is 8.49. The van der Waals surface area contributed by atoms with E-state index in [1.54, 1.807) is 7.11 Å². The van der Waals surface area contributed by atoms with Gasteiger partial charge in [-0.3, -0.25) is 4.90 Å². The van der Waals surface area contributed by atoms with Crippen LogP contribution in [0.3, 0.4) is 0 Å². The van der Waals surface area contributed by atoms with Crippen molar-refractivity contribution in [3.63, 3.8) is 0 Å². The molecule has 0 aliphatic rings. The van der Waals surface area contributed by atoms with E-state index < -0.39 is 0 Å². The molecule has 1 atom stereocenters. The van der Waals surface area contributed by atoms with Crippen molar-refractivity contribution in [2.45, 2.75) is 39.8 Å². The summed E-state index contributed by atoms with van der Waals surface area (Å²) in [4.78, 5) is 2.32. The van der Waals surface area contributed by atoms with Gasteiger partial charge in [0, 0.05) is 18.2 Å². The van der Waals surface area contributed by atoms with Gasteiger partial charge in [-0.1, -0.05) is 17.7 Å². The summed E-state index contributed by atoms with van der Waals surface area (Å²) in [7, 11) is 3.88. The Morgan fingerprint density at radius 2 is 2.00 bits per heavy atom. The van der Waals surface area contributed by atoms with Crippen molar-refractivity contribution in [3.05, 3.63) is 28.8 Å². The van der Waals surface area contributed by atoms with E-state index in [1.165, 1.54) is 16.7 Å². The Balaban J connectivity index is 2.89. The molecule has 102 valence electrons. The van der Waals surface area contributed by atoms with Crippen LogP contribution in [0, 0.1) is 13.8 Å². The normalized spacial score (nSPS) is 12.8. The monoisotopic (exact) mass is 250 g/mol. The highest BCUT2D eigenvalue weighted by atomic mass is 16.5. The number of benzene rings is 1. The van der Waals surface area contributed by atoms with Gasteiger partial charge in [0.25, 0.3) is 0 Å². The van der Waals surface area contributed by atoms with E-state index in [1.807, 2.05) is 0 Å². The zero-order valence-corrected chi connectivity index (χ0v) is 12.3. The maximum absolute atomic E-state index is 5.61. The lowest BCUT2D eigenvalue weighted by Crippen LogP contribution is -2.30. The van der Waals surface area contributed by atoms with E-state index in [2.05, 4.69) is 44.9 Å². The third-order valence-corrected chi connectivity index (χ3v) is 3.46. The molecule has 18 heavy (non-hydrogen) atoms. The molecule has 3 heteroatoms. The molecule has 0 fully saturated rings. The molecule has 2 N–H and O–H groups in total. The van der Waals surface area contributed by atoms with Crippen LogP contribution in [0.5, 0.6) is 5.75 Å². The van der Waals surface area contributed by atoms with E-state index >= 15 is 0 Å². The average molecular weight is 250 g/mol. The Morgan fingerprint density at radius 1 is 1.33 bits per heavy atom. The summed E-state index contributed by atoms with van der Waals surface area (Å²) in [6.45, 7) is 8.06. The van der Waals surface area contributed by atoms with Gasteiger partial charge >= 0.3 is 0 Å². The molecule has 0 saturated carbocycles. The van der Waals surface area contributed by atoms with Crippen molar-refractivity contribution >= 4 is 0 Å². The van der Waals surface area contributed by atoms with E-state index in [4.69, 9.17) is 10.5 Å². The molecule has 0 aliphatic carbocycles. The Morgan fingerprint density at radius 3 is 2.56 bits per heavy atom. The van der Waals surface area contributed by atoms with Crippen LogP contribution in [0.2, 0.25) is 0 Å². The van der Waals surface area contributed by atoms with Crippen LogP contribution in [0.4, 0.5) is 0 Å². The summed E-state index contributed by atoms with van der Waals surface area (Å²) in [5.74, 6) is 1.01. The molecule has 0 aromatic heterocycles. The Labute approximate surface area is 111 Å². The van der Waals surface area contributed by atoms with Crippen LogP contribution in [0.1, 0.15) is 30.0 Å². The lowest BCUT2D eigenvalue weighted by Gasteiger charge is -2.25. The van der Waals surface area contributed by atoms with E-state index in [9.17, 15) is 0 Å². The number of nitrogens with two attached hydrogens (primary N) is 1. The molecular formula is C15H26N2O. The summed E-state index contributed by atoms with van der Waals surface area (Å²) in [5.41, 5.74) is 9.35. The third-order valence-electron chi connectivity index (χ3n) is 3.46. The van der Waals surface area contributed by atoms with Gasteiger partial charge in [0.1, 0.15) is 5.75 Å². The fraction of sp³-hybridized carbons (Fsp3) is 0.600. The van der Waals surface area contributed by atoms with Crippen LogP contribution in [-0.2, 0) is 6.54 Å². The Hall–Kier alpha value is -1.06. The molecule has 0 radical (unpaired) electrons. The molecule has 0 spiro atoms. The van der Waals surface area contributed by atoms with Crippen LogP contribution in [-0.4, -0.2) is 31.6 Å². The molecule has 0 heterocycles. The lowest BCUT2D eigenvalue weighted by molar-refractivity contribution is 0.237. The minimum absolute atomic E-state index is 0.487. The minimum Gasteiger partial charge on any atom is -0.496 e. The van der Waals surface area contributed by atoms with E-state index in [0.717, 1.165) is 25.3 Å². The number of hydrogen-bond acceptors (Lipinski definition) is 3. The smallest absolute Gasteiger partial charge is 0.126 e. The maximum Gasteiger partial charge on any atom is 0.126 e. The maximum atomic E-state index is 5.61. The number of nitrogens with zero attached hydrogens (tertiary/aromatic N) is 1. The highest BCUT2D eigenvalue weighted by Crippen LogP contribution is 2.26. The van der Waals surface area contributed by atoms with Crippen LogP contribution in [0.15, 0.2) is 12.1 Å². The molecule has 0 amide bonds. The van der Waals surface area contributed by atoms with Crippen molar-refractivity contribution in [1.29, 1.82) is 0 Å². The predicted molar refractivity (Wildman–Crippen MR) is 77.1 cm³/mol. The second kappa shape index (κ2) is 6.76. The number of ether oxygens (including phenoxy) is 1. The van der Waals surface area contributed by atoms with Crippen molar-refractivity contribution in [2.24, 2.45) is 5.73 Å². The summed E-state index contributed by atoms with van der Waals surface area (Å²) in [6.07, 6.45) is 1.02. The van der Waals surface area contributed by atoms with Gasteiger partial charge in [0.2, 0.25) is 0 Å². The van der Waals surface area contributed by atoms with E-state index in [0.29, 0.717) is 6.04 Å². The molecular weight excluding hydrogens is 224 g/mol. The zero-order chi connectivity index (χ0) is 13.7. The number of aryl methyl sites for hydroxylation is 2. The van der Waals surface area contributed by atoms with Gasteiger partial charge in [-0.15, -0.1) is 0 Å². The topological polar surface area (TPSA) is 38.5 Å².